The number of carbonyl (C=O) groups is 6. The number of ether oxygens (including phenoxy) is 4. The zero-order valence-corrected chi connectivity index (χ0v) is 35.8. The highest BCUT2D eigenvalue weighted by molar-refractivity contribution is 5.89. The number of nitrogens with one attached hydrogen (secondary N) is 2. The minimum atomic E-state index is -0.878. The highest BCUT2D eigenvalue weighted by atomic mass is 16.6. The molecule has 4 aromatic rings. The Morgan fingerprint density at radius 2 is 1.26 bits per heavy atom. The number of methoxy groups -OCH3 is 1. The second kappa shape index (κ2) is 25.0. The summed E-state index contributed by atoms with van der Waals surface area (Å²) in [7, 11) is 1.30. The van der Waals surface area contributed by atoms with E-state index in [1.54, 1.807) is 69.3 Å². The lowest BCUT2D eigenvalue weighted by Gasteiger charge is -2.36. The Kier molecular flexibility index (Phi) is 20.6. The molecule has 0 radical (unpaired) electrons. The number of hydrogen-bond acceptors (Lipinski definition) is 13. The van der Waals surface area contributed by atoms with Crippen molar-refractivity contribution in [2.24, 2.45) is 0 Å². The minimum Gasteiger partial charge on any atom is -0.489 e. The smallest absolute Gasteiger partial charge is 0.411 e. The summed E-state index contributed by atoms with van der Waals surface area (Å²) in [6.45, 7) is 11.3. The van der Waals surface area contributed by atoms with Crippen molar-refractivity contribution < 1.29 is 57.9 Å². The number of amides is 3. The van der Waals surface area contributed by atoms with E-state index in [4.69, 9.17) is 30.2 Å². The van der Waals surface area contributed by atoms with Crippen molar-refractivity contribution in [3.05, 3.63) is 119 Å². The van der Waals surface area contributed by atoms with Gasteiger partial charge in [-0.3, -0.25) is 24.1 Å². The number of hydrogen-bond donors (Lipinski definition) is 5. The molecule has 4 aromatic carbocycles. The van der Waals surface area contributed by atoms with E-state index in [0.29, 0.717) is 47.9 Å². The SMILES string of the molecule is CC(=O)Nc1cccc(CO)c1.CC(=O)OC(C)=O.COC(=O)[C@H]1c2ccc(OCc3cccc(NC(C)=O)c3)cc2CCN1C(=O)OC(C)(C)C.Nc1cccc(CO)c1. The molecule has 0 unspecified atom stereocenters. The van der Waals surface area contributed by atoms with Crippen LogP contribution in [0.25, 0.3) is 0 Å². The van der Waals surface area contributed by atoms with Crippen molar-refractivity contribution in [2.45, 2.75) is 86.4 Å². The molecule has 16 heteroatoms. The highest BCUT2D eigenvalue weighted by Crippen LogP contribution is 2.34. The monoisotopic (exact) mass is 844 g/mol. The summed E-state index contributed by atoms with van der Waals surface area (Å²) >= 11 is 0. The largest absolute Gasteiger partial charge is 0.489 e. The standard InChI is InChI=1S/C25H30N2O6.C9H11NO2.C7H9NO.C4H6O3/c1-16(28)26-19-8-6-7-17(13-19)15-32-20-9-10-21-18(14-20)11-12-27(22(21)23(29)31-5)24(30)33-25(2,3)4;1-7(12)10-9-4-2-3-8(5-9)6-11;8-7-3-1-2-6(4-7)5-9;1-3(5)7-4(2)6/h6-10,13-14,22H,11-12,15H2,1-5H3,(H,26,28);2-5,11H,6H2,1H3,(H,10,12);1-4,9H,5,8H2;1-2H3/t22-;;;/m1.../s1. The van der Waals surface area contributed by atoms with Crippen LogP contribution in [0.3, 0.4) is 0 Å². The van der Waals surface area contributed by atoms with Crippen molar-refractivity contribution in [1.29, 1.82) is 0 Å². The molecule has 6 N–H and O–H groups in total. The van der Waals surface area contributed by atoms with Gasteiger partial charge in [-0.1, -0.05) is 42.5 Å². The van der Waals surface area contributed by atoms with E-state index in [9.17, 15) is 28.8 Å². The average Bonchev–Trinajstić information content (AvgIpc) is 3.18. The van der Waals surface area contributed by atoms with Crippen molar-refractivity contribution in [3.8, 4) is 5.75 Å². The van der Waals surface area contributed by atoms with E-state index in [1.165, 1.54) is 39.7 Å². The predicted molar refractivity (Wildman–Crippen MR) is 229 cm³/mol. The van der Waals surface area contributed by atoms with E-state index in [2.05, 4.69) is 15.4 Å². The van der Waals surface area contributed by atoms with Gasteiger partial charge < -0.3 is 45.5 Å². The quantitative estimate of drug-likeness (QED) is 0.0574. The van der Waals surface area contributed by atoms with E-state index in [-0.39, 0.29) is 25.0 Å². The van der Waals surface area contributed by atoms with Gasteiger partial charge in [-0.05, 0) is 104 Å². The molecule has 16 nitrogen and oxygen atoms in total. The fourth-order valence-corrected chi connectivity index (χ4v) is 5.53. The van der Waals surface area contributed by atoms with Crippen LogP contribution in [-0.4, -0.2) is 70.2 Å². The molecule has 0 aromatic heterocycles. The lowest BCUT2D eigenvalue weighted by atomic mass is 9.92. The van der Waals surface area contributed by atoms with Crippen LogP contribution >= 0.6 is 0 Å². The van der Waals surface area contributed by atoms with Crippen LogP contribution in [0.4, 0.5) is 21.9 Å². The second-order valence-electron chi connectivity index (χ2n) is 14.4. The topological polar surface area (TPSA) is 233 Å². The van der Waals surface area contributed by atoms with Gasteiger partial charge in [0.2, 0.25) is 11.8 Å². The molecular formula is C45H56N4O12. The third-order valence-corrected chi connectivity index (χ3v) is 7.90. The molecule has 0 saturated carbocycles. The zero-order valence-electron chi connectivity index (χ0n) is 35.8. The average molecular weight is 845 g/mol. The molecule has 1 heterocycles. The van der Waals surface area contributed by atoms with Crippen molar-refractivity contribution in [1.82, 2.24) is 4.90 Å². The maximum atomic E-state index is 12.7. The number of carbonyl (C=O) groups excluding carboxylic acids is 6. The number of fused-ring (bicyclic) bond motifs is 1. The molecule has 328 valence electrons. The molecule has 0 fully saturated rings. The third-order valence-electron chi connectivity index (χ3n) is 7.90. The van der Waals surface area contributed by atoms with Gasteiger partial charge >= 0.3 is 24.0 Å². The normalized spacial score (nSPS) is 12.4. The van der Waals surface area contributed by atoms with Gasteiger partial charge in [0.05, 0.1) is 20.3 Å². The Labute approximate surface area is 355 Å². The molecule has 0 saturated heterocycles. The number of benzene rings is 4. The molecule has 1 aliphatic heterocycles. The zero-order chi connectivity index (χ0) is 45.7. The maximum absolute atomic E-state index is 12.7. The molecule has 0 spiro atoms. The summed E-state index contributed by atoms with van der Waals surface area (Å²) in [4.78, 5) is 68.2. The summed E-state index contributed by atoms with van der Waals surface area (Å²) in [6, 6.07) is 26.3. The first-order valence-corrected chi connectivity index (χ1v) is 19.1. The number of nitrogens with two attached hydrogens (primary N) is 1. The molecule has 0 bridgehead atoms. The van der Waals surface area contributed by atoms with Crippen LogP contribution in [0.2, 0.25) is 0 Å². The Hall–Kier alpha value is -6.78. The highest BCUT2D eigenvalue weighted by Gasteiger charge is 2.39. The molecule has 1 aliphatic rings. The van der Waals surface area contributed by atoms with Crippen molar-refractivity contribution in [3.63, 3.8) is 0 Å². The molecular weight excluding hydrogens is 789 g/mol. The van der Waals surface area contributed by atoms with Gasteiger partial charge in [-0.25, -0.2) is 9.59 Å². The summed E-state index contributed by atoms with van der Waals surface area (Å²) in [5, 5.41) is 22.8. The second-order valence-corrected chi connectivity index (χ2v) is 14.4. The molecule has 61 heavy (non-hydrogen) atoms. The number of nitrogen functional groups attached to an aromatic ring is 1. The van der Waals surface area contributed by atoms with Gasteiger partial charge in [0.25, 0.3) is 0 Å². The maximum Gasteiger partial charge on any atom is 0.411 e. The van der Waals surface area contributed by atoms with Crippen molar-refractivity contribution in [2.75, 3.05) is 30.0 Å². The number of nitrogens with zero attached hydrogens (tertiary/aromatic N) is 1. The van der Waals surface area contributed by atoms with Gasteiger partial charge in [0.15, 0.2) is 6.04 Å². The van der Waals surface area contributed by atoms with Gasteiger partial charge in [-0.2, -0.15) is 0 Å². The summed E-state index contributed by atoms with van der Waals surface area (Å²) in [5.41, 5.74) is 11.0. The molecule has 0 aliphatic carbocycles. The fourth-order valence-electron chi connectivity index (χ4n) is 5.53. The first-order chi connectivity index (χ1) is 28.7. The van der Waals surface area contributed by atoms with Crippen LogP contribution in [0.1, 0.15) is 82.3 Å². The summed E-state index contributed by atoms with van der Waals surface area (Å²) < 4.78 is 20.4. The van der Waals surface area contributed by atoms with Crippen LogP contribution in [0.5, 0.6) is 5.75 Å². The first-order valence-electron chi connectivity index (χ1n) is 19.1. The molecule has 1 atom stereocenters. The van der Waals surface area contributed by atoms with Crippen molar-refractivity contribution >= 4 is 52.9 Å². The summed E-state index contributed by atoms with van der Waals surface area (Å²) in [6.07, 6.45) is 0.0000205. The van der Waals surface area contributed by atoms with Crippen LogP contribution < -0.4 is 21.1 Å². The fraction of sp³-hybridized carbons (Fsp3) is 0.333. The van der Waals surface area contributed by atoms with Crippen LogP contribution in [0, 0.1) is 0 Å². The lowest BCUT2D eigenvalue weighted by Crippen LogP contribution is -2.46. The Balaban J connectivity index is 0.000000368. The first kappa shape index (κ1) is 50.4. The number of aliphatic hydroxyl groups excluding tert-OH is 2. The van der Waals surface area contributed by atoms with E-state index in [0.717, 1.165) is 22.3 Å². The Morgan fingerprint density at radius 3 is 1.72 bits per heavy atom. The molecule has 5 rings (SSSR count). The van der Waals surface area contributed by atoms with E-state index < -0.39 is 35.6 Å². The summed E-state index contributed by atoms with van der Waals surface area (Å²) in [5.74, 6) is -1.24. The van der Waals surface area contributed by atoms with Crippen LogP contribution in [-0.2, 0) is 64.4 Å². The van der Waals surface area contributed by atoms with Crippen LogP contribution in [0.15, 0.2) is 91.0 Å². The lowest BCUT2D eigenvalue weighted by molar-refractivity contribution is -0.156. The minimum absolute atomic E-state index is 0.00652. The predicted octanol–water partition coefficient (Wildman–Crippen LogP) is 6.23. The van der Waals surface area contributed by atoms with Gasteiger partial charge in [0, 0.05) is 51.3 Å². The van der Waals surface area contributed by atoms with E-state index in [1.807, 2.05) is 42.5 Å². The number of anilines is 3. The Morgan fingerprint density at radius 1 is 0.738 bits per heavy atom. The Bertz CT molecular complexity index is 2100. The third kappa shape index (κ3) is 19.2. The van der Waals surface area contributed by atoms with Gasteiger partial charge in [-0.15, -0.1) is 0 Å². The molecule has 3 amide bonds. The number of esters is 3. The number of aliphatic hydroxyl groups is 2. The van der Waals surface area contributed by atoms with Gasteiger partial charge in [0.1, 0.15) is 18.0 Å². The van der Waals surface area contributed by atoms with E-state index >= 15 is 0 Å². The number of rotatable bonds is 8.